The van der Waals surface area contributed by atoms with Crippen molar-refractivity contribution < 1.29 is 26.7 Å². The summed E-state index contributed by atoms with van der Waals surface area (Å²) >= 11 is 0. The summed E-state index contributed by atoms with van der Waals surface area (Å²) in [6.45, 7) is 10.3. The molecular formula is C45H52F5N3O. The van der Waals surface area contributed by atoms with Gasteiger partial charge >= 0.3 is 6.18 Å². The summed E-state index contributed by atoms with van der Waals surface area (Å²) in [4.78, 5) is 21.0. The molecule has 1 aliphatic heterocycles. The van der Waals surface area contributed by atoms with Crippen LogP contribution in [0.5, 0.6) is 0 Å². The molecule has 0 spiro atoms. The first-order valence-electron chi connectivity index (χ1n) is 19.2. The number of carbonyl (C=O) groups is 1. The summed E-state index contributed by atoms with van der Waals surface area (Å²) in [5.74, 6) is -1.75. The molecule has 0 saturated carbocycles. The number of rotatable bonds is 17. The lowest BCUT2D eigenvalue weighted by atomic mass is 9.99. The standard InChI is InChI=1S/C45H52F5N3O/c1-4-5-12-33(2)40-14-6-7-16-42(40)53(34(3)17-20-38-13-10-15-41(46)44(38)47)32-43(54)52(30-11-29-51-27-8-9-28-51)31-35-18-21-36(22-19-35)37-23-25-39(26-24-37)45(48,49)50/h6-7,10,12-16,18-19,21-26,34H,4-5,8-9,11,17,20,27-32H2,1-3H3/b33-12+. The van der Waals surface area contributed by atoms with Crippen LogP contribution < -0.4 is 4.90 Å². The maximum atomic E-state index is 14.7. The molecule has 1 heterocycles. The van der Waals surface area contributed by atoms with E-state index in [1.54, 1.807) is 6.07 Å². The second-order valence-electron chi connectivity index (χ2n) is 14.4. The number of hydrogen-bond acceptors (Lipinski definition) is 3. The minimum atomic E-state index is -4.40. The van der Waals surface area contributed by atoms with E-state index in [9.17, 15) is 26.7 Å². The van der Waals surface area contributed by atoms with Crippen molar-refractivity contribution >= 4 is 17.2 Å². The summed E-state index contributed by atoms with van der Waals surface area (Å²) < 4.78 is 68.2. The minimum absolute atomic E-state index is 0.0444. The van der Waals surface area contributed by atoms with E-state index in [0.29, 0.717) is 37.1 Å². The molecule has 9 heteroatoms. The number of alkyl halides is 3. The molecule has 0 aliphatic carbocycles. The maximum absolute atomic E-state index is 14.7. The van der Waals surface area contributed by atoms with Crippen LogP contribution in [0.1, 0.15) is 81.5 Å². The molecule has 0 bridgehead atoms. The monoisotopic (exact) mass is 745 g/mol. The van der Waals surface area contributed by atoms with Crippen molar-refractivity contribution in [3.8, 4) is 11.1 Å². The maximum Gasteiger partial charge on any atom is 0.416 e. The number of amides is 1. The van der Waals surface area contributed by atoms with Gasteiger partial charge in [0.05, 0.1) is 12.1 Å². The van der Waals surface area contributed by atoms with Crippen molar-refractivity contribution in [3.63, 3.8) is 0 Å². The van der Waals surface area contributed by atoms with E-state index >= 15 is 0 Å². The fourth-order valence-corrected chi connectivity index (χ4v) is 7.17. The normalized spacial score (nSPS) is 14.3. The van der Waals surface area contributed by atoms with Crippen LogP contribution >= 0.6 is 0 Å². The van der Waals surface area contributed by atoms with Crippen molar-refractivity contribution in [2.45, 2.75) is 84.5 Å². The number of aryl methyl sites for hydroxylation is 1. The minimum Gasteiger partial charge on any atom is -0.359 e. The van der Waals surface area contributed by atoms with E-state index in [2.05, 4.69) is 35.8 Å². The van der Waals surface area contributed by atoms with Crippen LogP contribution in [-0.2, 0) is 23.9 Å². The van der Waals surface area contributed by atoms with Gasteiger partial charge in [0, 0.05) is 30.4 Å². The Morgan fingerprint density at radius 2 is 1.56 bits per heavy atom. The molecule has 1 amide bonds. The first kappa shape index (κ1) is 40.7. The first-order chi connectivity index (χ1) is 25.9. The molecule has 54 heavy (non-hydrogen) atoms. The van der Waals surface area contributed by atoms with E-state index in [4.69, 9.17) is 0 Å². The van der Waals surface area contributed by atoms with Crippen molar-refractivity contribution in [2.75, 3.05) is 37.6 Å². The molecule has 288 valence electrons. The number of unbranched alkanes of at least 4 members (excludes halogenated alkanes) is 1. The zero-order valence-corrected chi connectivity index (χ0v) is 31.6. The molecular weight excluding hydrogens is 694 g/mol. The Labute approximate surface area is 317 Å². The van der Waals surface area contributed by atoms with Gasteiger partial charge in [-0.25, -0.2) is 8.78 Å². The van der Waals surface area contributed by atoms with Gasteiger partial charge in [-0.2, -0.15) is 13.2 Å². The van der Waals surface area contributed by atoms with E-state index in [1.165, 1.54) is 31.0 Å². The molecule has 1 fully saturated rings. The topological polar surface area (TPSA) is 26.8 Å². The van der Waals surface area contributed by atoms with Crippen LogP contribution in [0.25, 0.3) is 16.7 Å². The predicted molar refractivity (Wildman–Crippen MR) is 209 cm³/mol. The van der Waals surface area contributed by atoms with Gasteiger partial charge in [0.1, 0.15) is 0 Å². The first-order valence-corrected chi connectivity index (χ1v) is 19.2. The number of likely N-dealkylation sites (tertiary alicyclic amines) is 1. The van der Waals surface area contributed by atoms with Gasteiger partial charge in [-0.15, -0.1) is 0 Å². The zero-order chi connectivity index (χ0) is 38.7. The highest BCUT2D eigenvalue weighted by Crippen LogP contribution is 2.32. The summed E-state index contributed by atoms with van der Waals surface area (Å²) in [5.41, 5.74) is 5.07. The number of nitrogens with zero attached hydrogens (tertiary/aromatic N) is 3. The molecule has 4 nitrogen and oxygen atoms in total. The number of para-hydroxylation sites is 1. The lowest BCUT2D eigenvalue weighted by Crippen LogP contribution is -2.45. The largest absolute Gasteiger partial charge is 0.416 e. The summed E-state index contributed by atoms with van der Waals surface area (Å²) in [5, 5.41) is 0. The van der Waals surface area contributed by atoms with Crippen LogP contribution in [0.3, 0.4) is 0 Å². The Morgan fingerprint density at radius 1 is 0.889 bits per heavy atom. The Hall–Kier alpha value is -4.50. The summed E-state index contributed by atoms with van der Waals surface area (Å²) in [7, 11) is 0. The Balaban J connectivity index is 1.40. The third kappa shape index (κ3) is 11.0. The quantitative estimate of drug-likeness (QED) is 0.101. The van der Waals surface area contributed by atoms with Gasteiger partial charge in [0.25, 0.3) is 0 Å². The second kappa shape index (κ2) is 19.2. The third-order valence-electron chi connectivity index (χ3n) is 10.4. The van der Waals surface area contributed by atoms with Crippen molar-refractivity contribution in [1.29, 1.82) is 0 Å². The van der Waals surface area contributed by atoms with Crippen LogP contribution in [0, 0.1) is 11.6 Å². The van der Waals surface area contributed by atoms with Crippen LogP contribution in [0.2, 0.25) is 0 Å². The smallest absolute Gasteiger partial charge is 0.359 e. The zero-order valence-electron chi connectivity index (χ0n) is 31.6. The fraction of sp³-hybridized carbons (Fsp3) is 0.400. The molecule has 1 saturated heterocycles. The molecule has 4 aromatic rings. The van der Waals surface area contributed by atoms with Gasteiger partial charge in [-0.1, -0.05) is 86.2 Å². The lowest BCUT2D eigenvalue weighted by Gasteiger charge is -2.35. The average molecular weight is 746 g/mol. The lowest BCUT2D eigenvalue weighted by molar-refractivity contribution is -0.137. The number of halogens is 5. The van der Waals surface area contributed by atoms with Gasteiger partial charge in [0.15, 0.2) is 11.6 Å². The summed E-state index contributed by atoms with van der Waals surface area (Å²) in [6.07, 6.45) is 3.76. The number of anilines is 1. The molecule has 0 aromatic heterocycles. The van der Waals surface area contributed by atoms with Gasteiger partial charge in [-0.05, 0) is 124 Å². The van der Waals surface area contributed by atoms with Gasteiger partial charge in [0.2, 0.25) is 5.91 Å². The number of allylic oxidation sites excluding steroid dienone is 2. The Bertz CT molecular complexity index is 1830. The molecule has 0 radical (unpaired) electrons. The molecule has 1 unspecified atom stereocenters. The SMILES string of the molecule is CCC/C=C(\C)c1ccccc1N(CC(=O)N(CCCN1CCCC1)Cc1ccc(-c2ccc(C(F)(F)F)cc2)cc1)C(C)CCc1cccc(F)c1F. The van der Waals surface area contributed by atoms with Crippen LogP contribution in [0.4, 0.5) is 27.6 Å². The van der Waals surface area contributed by atoms with Gasteiger partial charge < -0.3 is 14.7 Å². The average Bonchev–Trinajstić information content (AvgIpc) is 3.69. The highest BCUT2D eigenvalue weighted by molar-refractivity contribution is 5.84. The van der Waals surface area contributed by atoms with E-state index in [0.717, 1.165) is 85.0 Å². The molecule has 1 atom stereocenters. The second-order valence-corrected chi connectivity index (χ2v) is 14.4. The molecule has 5 rings (SSSR count). The van der Waals surface area contributed by atoms with Crippen molar-refractivity contribution in [1.82, 2.24) is 9.80 Å². The summed E-state index contributed by atoms with van der Waals surface area (Å²) in [6, 6.07) is 24.9. The number of hydrogen-bond donors (Lipinski definition) is 0. The highest BCUT2D eigenvalue weighted by atomic mass is 19.4. The van der Waals surface area contributed by atoms with Crippen molar-refractivity contribution in [2.24, 2.45) is 0 Å². The molecule has 0 N–H and O–H groups in total. The van der Waals surface area contributed by atoms with E-state index < -0.39 is 23.4 Å². The number of benzene rings is 4. The Kier molecular flexibility index (Phi) is 14.5. The predicted octanol–water partition coefficient (Wildman–Crippen LogP) is 11.2. The number of carbonyl (C=O) groups excluding carboxylic acids is 1. The van der Waals surface area contributed by atoms with E-state index in [1.807, 2.05) is 54.3 Å². The highest BCUT2D eigenvalue weighted by Gasteiger charge is 2.30. The third-order valence-corrected chi connectivity index (χ3v) is 10.4. The molecule has 4 aromatic carbocycles. The van der Waals surface area contributed by atoms with E-state index in [-0.39, 0.29) is 18.5 Å². The van der Waals surface area contributed by atoms with Gasteiger partial charge in [-0.3, -0.25) is 4.79 Å². The molecule has 1 aliphatic rings. The van der Waals surface area contributed by atoms with Crippen molar-refractivity contribution in [3.05, 3.63) is 131 Å². The van der Waals surface area contributed by atoms with Crippen LogP contribution in [0.15, 0.2) is 97.1 Å². The van der Waals surface area contributed by atoms with Crippen LogP contribution in [-0.4, -0.2) is 54.5 Å². The Morgan fingerprint density at radius 3 is 2.22 bits per heavy atom. The fourth-order valence-electron chi connectivity index (χ4n) is 7.17.